The number of aliphatic hydroxyl groups is 1. The van der Waals surface area contributed by atoms with Crippen molar-refractivity contribution in [2.24, 2.45) is 0 Å². The first-order valence-electron chi connectivity index (χ1n) is 10.9. The molecular formula is C24H24F2N2O6. The predicted molar refractivity (Wildman–Crippen MR) is 116 cm³/mol. The van der Waals surface area contributed by atoms with Gasteiger partial charge in [0.2, 0.25) is 5.91 Å². The molecule has 4 rings (SSSR count). The molecule has 180 valence electrons. The zero-order chi connectivity index (χ0) is 24.4. The first kappa shape index (κ1) is 23.6. The summed E-state index contributed by atoms with van der Waals surface area (Å²) in [5.41, 5.74) is 3.96. The lowest BCUT2D eigenvalue weighted by Gasteiger charge is -2.24. The van der Waals surface area contributed by atoms with Crippen LogP contribution in [0.3, 0.4) is 0 Å². The van der Waals surface area contributed by atoms with E-state index in [1.54, 1.807) is 0 Å². The standard InChI is InChI=1S/C24H24F2N2O6/c25-22(26)19(10-21(30)28-11-13(29)9-20(28)23(31)32)27-24(33)34-12-18-16-7-3-1-5-14(16)15-6-2-4-8-17(15)18/h1-8,13,18-20,22,29H,9-12H2,(H,27,33)(H,31,32). The van der Waals surface area contributed by atoms with E-state index < -0.39 is 49.0 Å². The van der Waals surface area contributed by atoms with Crippen molar-refractivity contribution in [1.29, 1.82) is 0 Å². The molecule has 1 fully saturated rings. The number of fused-ring (bicyclic) bond motifs is 3. The van der Waals surface area contributed by atoms with Crippen LogP contribution in [0.4, 0.5) is 13.6 Å². The van der Waals surface area contributed by atoms with E-state index in [0.29, 0.717) is 0 Å². The van der Waals surface area contributed by atoms with Gasteiger partial charge in [0.1, 0.15) is 18.7 Å². The van der Waals surface area contributed by atoms with Gasteiger partial charge in [-0.25, -0.2) is 18.4 Å². The van der Waals surface area contributed by atoms with Gasteiger partial charge in [0.05, 0.1) is 12.5 Å². The third-order valence-corrected chi connectivity index (χ3v) is 6.23. The summed E-state index contributed by atoms with van der Waals surface area (Å²) in [5.74, 6) is -2.48. The lowest BCUT2D eigenvalue weighted by Crippen LogP contribution is -2.47. The number of amides is 2. The van der Waals surface area contributed by atoms with E-state index in [4.69, 9.17) is 4.74 Å². The smallest absolute Gasteiger partial charge is 0.407 e. The molecule has 2 aromatic rings. The summed E-state index contributed by atoms with van der Waals surface area (Å²) in [6.07, 6.45) is -6.24. The number of rotatable bonds is 7. The Labute approximate surface area is 194 Å². The van der Waals surface area contributed by atoms with Crippen molar-refractivity contribution in [2.45, 2.75) is 43.4 Å². The molecule has 34 heavy (non-hydrogen) atoms. The number of alkyl halides is 2. The Morgan fingerprint density at radius 2 is 1.65 bits per heavy atom. The number of β-amino-alcohol motifs (C(OH)–C–C–N with tert-alkyl or cyclic N) is 1. The molecular weight excluding hydrogens is 450 g/mol. The Morgan fingerprint density at radius 1 is 1.06 bits per heavy atom. The fourth-order valence-electron chi connectivity index (χ4n) is 4.62. The second kappa shape index (κ2) is 9.76. The highest BCUT2D eigenvalue weighted by atomic mass is 19.3. The predicted octanol–water partition coefficient (Wildman–Crippen LogP) is 2.60. The van der Waals surface area contributed by atoms with Crippen LogP contribution in [-0.2, 0) is 14.3 Å². The van der Waals surface area contributed by atoms with E-state index in [9.17, 15) is 33.4 Å². The summed E-state index contributed by atoms with van der Waals surface area (Å²) in [6.45, 7) is -0.347. The molecule has 2 amide bonds. The number of carboxylic acid groups (broad SMARTS) is 1. The number of carbonyl (C=O) groups excluding carboxylic acids is 2. The molecule has 1 aliphatic carbocycles. The number of hydrogen-bond acceptors (Lipinski definition) is 5. The number of benzene rings is 2. The van der Waals surface area contributed by atoms with Crippen LogP contribution in [0.5, 0.6) is 0 Å². The second-order valence-corrected chi connectivity index (χ2v) is 8.40. The van der Waals surface area contributed by atoms with E-state index in [0.717, 1.165) is 27.2 Å². The normalized spacial score (nSPS) is 20.1. The van der Waals surface area contributed by atoms with Crippen LogP contribution in [0, 0.1) is 0 Å². The molecule has 10 heteroatoms. The summed E-state index contributed by atoms with van der Waals surface area (Å²) in [4.78, 5) is 37.0. The molecule has 1 saturated heterocycles. The first-order chi connectivity index (χ1) is 16.3. The Morgan fingerprint density at radius 3 is 2.21 bits per heavy atom. The Balaban J connectivity index is 1.39. The number of nitrogens with one attached hydrogen (secondary N) is 1. The molecule has 2 aromatic carbocycles. The summed E-state index contributed by atoms with van der Waals surface area (Å²) < 4.78 is 32.4. The molecule has 3 atom stereocenters. The number of alkyl carbamates (subject to hydrolysis) is 1. The Kier molecular flexibility index (Phi) is 6.78. The average Bonchev–Trinajstić information content (AvgIpc) is 3.35. The van der Waals surface area contributed by atoms with Gasteiger partial charge in [-0.05, 0) is 22.3 Å². The van der Waals surface area contributed by atoms with Crippen molar-refractivity contribution in [1.82, 2.24) is 10.2 Å². The molecule has 0 spiro atoms. The maximum absolute atomic E-state index is 13.6. The fraction of sp³-hybridized carbons (Fsp3) is 0.375. The molecule has 3 unspecified atom stereocenters. The quantitative estimate of drug-likeness (QED) is 0.568. The second-order valence-electron chi connectivity index (χ2n) is 8.40. The minimum atomic E-state index is -3.08. The van der Waals surface area contributed by atoms with Gasteiger partial charge < -0.3 is 25.2 Å². The third-order valence-electron chi connectivity index (χ3n) is 6.23. The number of likely N-dealkylation sites (tertiary alicyclic amines) is 1. The highest BCUT2D eigenvalue weighted by molar-refractivity contribution is 5.85. The van der Waals surface area contributed by atoms with Crippen molar-refractivity contribution >= 4 is 18.0 Å². The average molecular weight is 474 g/mol. The fourth-order valence-corrected chi connectivity index (χ4v) is 4.62. The minimum Gasteiger partial charge on any atom is -0.480 e. The molecule has 1 heterocycles. The van der Waals surface area contributed by atoms with E-state index >= 15 is 0 Å². The largest absolute Gasteiger partial charge is 0.480 e. The lowest BCUT2D eigenvalue weighted by molar-refractivity contribution is -0.148. The topological polar surface area (TPSA) is 116 Å². The van der Waals surface area contributed by atoms with Gasteiger partial charge in [0.25, 0.3) is 6.43 Å². The van der Waals surface area contributed by atoms with Crippen molar-refractivity contribution in [3.63, 3.8) is 0 Å². The van der Waals surface area contributed by atoms with Crippen molar-refractivity contribution in [3.05, 3.63) is 59.7 Å². The number of hydrogen-bond donors (Lipinski definition) is 3. The van der Waals surface area contributed by atoms with E-state index in [1.165, 1.54) is 0 Å². The van der Waals surface area contributed by atoms with Crippen LogP contribution in [0.15, 0.2) is 48.5 Å². The van der Waals surface area contributed by atoms with Crippen molar-refractivity contribution in [3.8, 4) is 11.1 Å². The zero-order valence-corrected chi connectivity index (χ0v) is 18.1. The Hall–Kier alpha value is -3.53. The molecule has 2 aliphatic rings. The number of nitrogens with zero attached hydrogens (tertiary/aromatic N) is 1. The molecule has 3 N–H and O–H groups in total. The third kappa shape index (κ3) is 4.72. The number of aliphatic carboxylic acids is 1. The van der Waals surface area contributed by atoms with E-state index in [2.05, 4.69) is 0 Å². The van der Waals surface area contributed by atoms with Gasteiger partial charge in [0, 0.05) is 18.9 Å². The van der Waals surface area contributed by atoms with Gasteiger partial charge in [-0.3, -0.25) is 4.79 Å². The highest BCUT2D eigenvalue weighted by Crippen LogP contribution is 2.44. The lowest BCUT2D eigenvalue weighted by atomic mass is 9.98. The summed E-state index contributed by atoms with van der Waals surface area (Å²) in [5, 5.41) is 20.9. The van der Waals surface area contributed by atoms with Gasteiger partial charge in [-0.15, -0.1) is 0 Å². The molecule has 0 aromatic heterocycles. The number of carbonyl (C=O) groups is 3. The van der Waals surface area contributed by atoms with Crippen molar-refractivity contribution < 1.29 is 38.1 Å². The maximum Gasteiger partial charge on any atom is 0.407 e. The monoisotopic (exact) mass is 474 g/mol. The van der Waals surface area contributed by atoms with E-state index in [-0.39, 0.29) is 25.5 Å². The van der Waals surface area contributed by atoms with Crippen molar-refractivity contribution in [2.75, 3.05) is 13.2 Å². The van der Waals surface area contributed by atoms with Gasteiger partial charge in [0.15, 0.2) is 0 Å². The van der Waals surface area contributed by atoms with Gasteiger partial charge >= 0.3 is 12.1 Å². The number of halogens is 2. The van der Waals surface area contributed by atoms with Crippen LogP contribution in [0.25, 0.3) is 11.1 Å². The maximum atomic E-state index is 13.6. The van der Waals surface area contributed by atoms with Crippen LogP contribution in [0.2, 0.25) is 0 Å². The number of aliphatic hydroxyl groups excluding tert-OH is 1. The Bertz CT molecular complexity index is 1050. The molecule has 0 radical (unpaired) electrons. The van der Waals surface area contributed by atoms with Crippen LogP contribution >= 0.6 is 0 Å². The summed E-state index contributed by atoms with van der Waals surface area (Å²) >= 11 is 0. The van der Waals surface area contributed by atoms with Crippen LogP contribution in [0.1, 0.15) is 29.9 Å². The van der Waals surface area contributed by atoms with Gasteiger partial charge in [-0.1, -0.05) is 48.5 Å². The van der Waals surface area contributed by atoms with Gasteiger partial charge in [-0.2, -0.15) is 0 Å². The first-order valence-corrected chi connectivity index (χ1v) is 10.9. The molecule has 8 nitrogen and oxygen atoms in total. The molecule has 0 bridgehead atoms. The highest BCUT2D eigenvalue weighted by Gasteiger charge is 2.40. The molecule has 0 saturated carbocycles. The summed E-state index contributed by atoms with van der Waals surface area (Å²) in [7, 11) is 0. The van der Waals surface area contributed by atoms with E-state index in [1.807, 2.05) is 53.8 Å². The molecule has 1 aliphatic heterocycles. The SMILES string of the molecule is O=C(NC(CC(=O)N1CC(O)CC1C(=O)O)C(F)F)OCC1c2ccccc2-c2ccccc21. The minimum absolute atomic E-state index is 0.0802. The zero-order valence-electron chi connectivity index (χ0n) is 18.1. The number of carboxylic acids is 1. The number of ether oxygens (including phenoxy) is 1. The van der Waals surface area contributed by atoms with Crippen LogP contribution in [-0.4, -0.2) is 70.8 Å². The summed E-state index contributed by atoms with van der Waals surface area (Å²) in [6, 6.07) is 12.2. The van der Waals surface area contributed by atoms with Crippen LogP contribution < -0.4 is 5.32 Å².